The number of nitrogens with zero attached hydrogens (tertiary/aromatic N) is 1. The molecule has 2 aliphatic carbocycles. The van der Waals surface area contributed by atoms with Crippen LogP contribution < -0.4 is 4.43 Å². The third-order valence-electron chi connectivity index (χ3n) is 8.95. The fourth-order valence-corrected chi connectivity index (χ4v) is 7.05. The first-order valence-electron chi connectivity index (χ1n) is 13.6. The van der Waals surface area contributed by atoms with E-state index >= 15 is 0 Å². The van der Waals surface area contributed by atoms with Crippen LogP contribution >= 0.6 is 11.6 Å². The molecule has 35 heavy (non-hydrogen) atoms. The molecule has 2 heterocycles. The summed E-state index contributed by atoms with van der Waals surface area (Å²) in [6.45, 7) is 17.9. The third-order valence-corrected chi connectivity index (χ3v) is 13.7. The summed E-state index contributed by atoms with van der Waals surface area (Å²) in [4.78, 5) is 2.75. The van der Waals surface area contributed by atoms with Crippen molar-refractivity contribution in [3.8, 4) is 5.75 Å². The molecule has 1 aromatic carbocycles. The van der Waals surface area contributed by atoms with Gasteiger partial charge in [0.2, 0.25) is 8.32 Å². The monoisotopic (exact) mass is 517 g/mol. The topological polar surface area (TPSA) is 30.9 Å². The normalized spacial score (nSPS) is 29.2. The largest absolute Gasteiger partial charge is 0.543 e. The number of hydrogen-bond acceptors (Lipinski definition) is 4. The summed E-state index contributed by atoms with van der Waals surface area (Å²) in [6.07, 6.45) is 7.24. The van der Waals surface area contributed by atoms with Gasteiger partial charge in [0.15, 0.2) is 5.79 Å². The Morgan fingerprint density at radius 3 is 2.51 bits per heavy atom. The first-order valence-corrected chi connectivity index (χ1v) is 16.9. The molecule has 1 saturated carbocycles. The van der Waals surface area contributed by atoms with Crippen LogP contribution in [0.25, 0.3) is 0 Å². The molecule has 6 heteroatoms. The zero-order valence-electron chi connectivity index (χ0n) is 22.7. The van der Waals surface area contributed by atoms with Crippen molar-refractivity contribution in [3.63, 3.8) is 0 Å². The minimum Gasteiger partial charge on any atom is -0.543 e. The van der Waals surface area contributed by atoms with Gasteiger partial charge in [-0.2, -0.15) is 0 Å². The van der Waals surface area contributed by atoms with Crippen molar-refractivity contribution in [1.82, 2.24) is 4.90 Å². The molecule has 4 aliphatic rings. The first-order chi connectivity index (χ1) is 16.3. The fraction of sp³-hybridized carbons (Fsp3) is 0.724. The molecule has 2 aliphatic heterocycles. The maximum atomic E-state index is 6.82. The van der Waals surface area contributed by atoms with E-state index in [1.54, 1.807) is 5.57 Å². The van der Waals surface area contributed by atoms with Gasteiger partial charge in [0.25, 0.3) is 0 Å². The Labute approximate surface area is 218 Å². The predicted octanol–water partition coefficient (Wildman–Crippen LogP) is 7.36. The molecule has 5 rings (SSSR count). The van der Waals surface area contributed by atoms with Crippen LogP contribution in [0.15, 0.2) is 29.3 Å². The average molecular weight is 518 g/mol. The average Bonchev–Trinajstić information content (AvgIpc) is 3.50. The summed E-state index contributed by atoms with van der Waals surface area (Å²) >= 11 is 6.82. The SMILES string of the molecule is CC1(C)O[C@H]2CCC3=C(CCN(CC4CC4)[C@H]3Cc3cc(O[Si](C)(C)C(C)(C)C)ccc3Cl)[C@@H]2O1. The lowest BCUT2D eigenvalue weighted by molar-refractivity contribution is -0.143. The van der Waals surface area contributed by atoms with Gasteiger partial charge in [-0.1, -0.05) is 37.9 Å². The number of halogens is 1. The van der Waals surface area contributed by atoms with Crippen LogP contribution in [0.3, 0.4) is 0 Å². The standard InChI is InChI=1S/C29H44ClNO3Si/c1-28(2,3)35(6,7)34-21-10-12-24(30)20(16-21)17-25-22-11-13-26-27(33-29(4,5)32-26)23(22)14-15-31(25)18-19-8-9-19/h10,12,16,19,25-27H,8-9,11,13-15,17-18H2,1-7H3/t25-,26-,27-/m0/s1. The van der Waals surface area contributed by atoms with E-state index in [2.05, 4.69) is 64.7 Å². The zero-order chi connectivity index (χ0) is 25.2. The van der Waals surface area contributed by atoms with Crippen LogP contribution in [0.4, 0.5) is 0 Å². The van der Waals surface area contributed by atoms with Gasteiger partial charge in [0.05, 0.1) is 6.10 Å². The lowest BCUT2D eigenvalue weighted by Gasteiger charge is -2.43. The van der Waals surface area contributed by atoms with Crippen molar-refractivity contribution in [2.24, 2.45) is 5.92 Å². The van der Waals surface area contributed by atoms with Crippen LogP contribution in [-0.2, 0) is 15.9 Å². The van der Waals surface area contributed by atoms with Gasteiger partial charge in [0, 0.05) is 24.2 Å². The zero-order valence-corrected chi connectivity index (χ0v) is 24.5. The van der Waals surface area contributed by atoms with E-state index in [1.165, 1.54) is 30.5 Å². The van der Waals surface area contributed by atoms with E-state index in [4.69, 9.17) is 25.5 Å². The summed E-state index contributed by atoms with van der Waals surface area (Å²) in [5.74, 6) is 1.34. The lowest BCUT2D eigenvalue weighted by atomic mass is 9.78. The highest BCUT2D eigenvalue weighted by molar-refractivity contribution is 6.74. The highest BCUT2D eigenvalue weighted by Crippen LogP contribution is 2.46. The molecule has 2 fully saturated rings. The van der Waals surface area contributed by atoms with Gasteiger partial charge < -0.3 is 13.9 Å². The number of ether oxygens (including phenoxy) is 2. The van der Waals surface area contributed by atoms with Gasteiger partial charge >= 0.3 is 0 Å². The highest BCUT2D eigenvalue weighted by atomic mass is 35.5. The van der Waals surface area contributed by atoms with E-state index < -0.39 is 14.1 Å². The van der Waals surface area contributed by atoms with Crippen LogP contribution in [0, 0.1) is 5.92 Å². The summed E-state index contributed by atoms with van der Waals surface area (Å²) < 4.78 is 19.4. The first kappa shape index (κ1) is 25.8. The summed E-state index contributed by atoms with van der Waals surface area (Å²) in [6, 6.07) is 6.69. The second-order valence-corrected chi connectivity index (χ2v) is 18.3. The Hall–Kier alpha value is -0.853. The number of benzene rings is 1. The van der Waals surface area contributed by atoms with Crippen LogP contribution in [-0.4, -0.2) is 50.3 Å². The van der Waals surface area contributed by atoms with Crippen molar-refractivity contribution < 1.29 is 13.9 Å². The van der Waals surface area contributed by atoms with Gasteiger partial charge in [-0.25, -0.2) is 0 Å². The Bertz CT molecular complexity index is 994. The molecule has 194 valence electrons. The summed E-state index contributed by atoms with van der Waals surface area (Å²) in [7, 11) is -1.92. The molecule has 0 N–H and O–H groups in total. The molecule has 1 aromatic rings. The summed E-state index contributed by atoms with van der Waals surface area (Å²) in [5, 5.41) is 1.01. The minimum atomic E-state index is -1.92. The van der Waals surface area contributed by atoms with Crippen molar-refractivity contribution in [1.29, 1.82) is 0 Å². The number of fused-ring (bicyclic) bond motifs is 2. The second-order valence-electron chi connectivity index (χ2n) is 13.2. The molecule has 0 unspecified atom stereocenters. The number of rotatable bonds is 6. The van der Waals surface area contributed by atoms with E-state index in [-0.39, 0.29) is 17.2 Å². The van der Waals surface area contributed by atoms with E-state index in [9.17, 15) is 0 Å². The minimum absolute atomic E-state index is 0.114. The van der Waals surface area contributed by atoms with Crippen molar-refractivity contribution in [3.05, 3.63) is 39.9 Å². The Morgan fingerprint density at radius 1 is 1.09 bits per heavy atom. The van der Waals surface area contributed by atoms with E-state index in [0.717, 1.165) is 48.9 Å². The van der Waals surface area contributed by atoms with E-state index in [1.807, 2.05) is 6.07 Å². The molecule has 0 radical (unpaired) electrons. The maximum absolute atomic E-state index is 6.82. The van der Waals surface area contributed by atoms with Crippen LogP contribution in [0.5, 0.6) is 5.75 Å². The Morgan fingerprint density at radius 2 is 1.83 bits per heavy atom. The Balaban J connectivity index is 1.44. The molecule has 1 saturated heterocycles. The number of hydrogen-bond donors (Lipinski definition) is 0. The molecular formula is C29H44ClNO3Si. The highest BCUT2D eigenvalue weighted by Gasteiger charge is 2.48. The smallest absolute Gasteiger partial charge is 0.250 e. The molecule has 0 amide bonds. The van der Waals surface area contributed by atoms with Crippen LogP contribution in [0.2, 0.25) is 23.2 Å². The predicted molar refractivity (Wildman–Crippen MR) is 146 cm³/mol. The quantitative estimate of drug-likeness (QED) is 0.291. The van der Waals surface area contributed by atoms with Gasteiger partial charge in [-0.3, -0.25) is 4.90 Å². The van der Waals surface area contributed by atoms with Crippen molar-refractivity contribution in [2.75, 3.05) is 13.1 Å². The van der Waals surface area contributed by atoms with Gasteiger partial charge in [-0.05, 0) is 106 Å². The molecule has 3 atom stereocenters. The second kappa shape index (κ2) is 9.16. The van der Waals surface area contributed by atoms with Crippen LogP contribution in [0.1, 0.15) is 72.3 Å². The van der Waals surface area contributed by atoms with Gasteiger partial charge in [-0.15, -0.1) is 0 Å². The van der Waals surface area contributed by atoms with E-state index in [0.29, 0.717) is 6.04 Å². The Kier molecular flexibility index (Phi) is 6.75. The molecule has 0 aromatic heterocycles. The summed E-state index contributed by atoms with van der Waals surface area (Å²) in [5.41, 5.74) is 4.30. The molecular weight excluding hydrogens is 474 g/mol. The van der Waals surface area contributed by atoms with Crippen molar-refractivity contribution >= 4 is 19.9 Å². The maximum Gasteiger partial charge on any atom is 0.250 e. The molecule has 0 spiro atoms. The van der Waals surface area contributed by atoms with Crippen molar-refractivity contribution in [2.45, 2.75) is 115 Å². The fourth-order valence-electron chi connectivity index (χ4n) is 5.84. The van der Waals surface area contributed by atoms with Gasteiger partial charge in [0.1, 0.15) is 11.9 Å². The third kappa shape index (κ3) is 5.40. The lowest BCUT2D eigenvalue weighted by Crippen LogP contribution is -2.48. The molecule has 0 bridgehead atoms. The molecule has 4 nitrogen and oxygen atoms in total.